The molecule has 0 radical (unpaired) electrons. The second-order valence-electron chi connectivity index (χ2n) is 4.61. The molecule has 4 heteroatoms. The number of hydrogen-bond donors (Lipinski definition) is 1. The monoisotopic (exact) mass is 311 g/mol. The van der Waals surface area contributed by atoms with Crippen LogP contribution in [0.5, 0.6) is 0 Å². The molecule has 0 bridgehead atoms. The second-order valence-corrected chi connectivity index (χ2v) is 5.52. The molecule has 0 aromatic heterocycles. The van der Waals surface area contributed by atoms with Crippen molar-refractivity contribution in [3.8, 4) is 0 Å². The molecule has 1 N–H and O–H groups in total. The molecule has 1 saturated heterocycles. The second kappa shape index (κ2) is 6.34. The Bertz CT molecular complexity index is 399. The van der Waals surface area contributed by atoms with Gasteiger partial charge in [0.1, 0.15) is 0 Å². The lowest BCUT2D eigenvalue weighted by atomic mass is 9.86. The van der Waals surface area contributed by atoms with Crippen LogP contribution in [0.4, 0.5) is 0 Å². The zero-order valence-corrected chi connectivity index (χ0v) is 12.1. The van der Waals surface area contributed by atoms with Crippen LogP contribution in [-0.4, -0.2) is 25.7 Å². The number of esters is 1. The molecule has 0 spiro atoms. The van der Waals surface area contributed by atoms with Crippen molar-refractivity contribution in [3.05, 3.63) is 34.3 Å². The highest BCUT2D eigenvalue weighted by molar-refractivity contribution is 9.10. The lowest BCUT2D eigenvalue weighted by Crippen LogP contribution is -2.42. The fourth-order valence-electron chi connectivity index (χ4n) is 2.49. The maximum Gasteiger partial charge on any atom is 0.314 e. The first-order valence-electron chi connectivity index (χ1n) is 6.29. The van der Waals surface area contributed by atoms with E-state index in [9.17, 15) is 4.79 Å². The number of hydrogen-bond acceptors (Lipinski definition) is 3. The third-order valence-corrected chi connectivity index (χ3v) is 3.96. The lowest BCUT2D eigenvalue weighted by Gasteiger charge is -2.30. The molecule has 0 unspecified atom stereocenters. The predicted octanol–water partition coefficient (Wildman–Crippen LogP) is 2.85. The number of halogens is 1. The maximum atomic E-state index is 12.0. The van der Waals surface area contributed by atoms with Crippen molar-refractivity contribution < 1.29 is 9.53 Å². The van der Waals surface area contributed by atoms with Crippen molar-refractivity contribution >= 4 is 21.9 Å². The van der Waals surface area contributed by atoms with E-state index in [1.807, 2.05) is 24.3 Å². The molecule has 1 aromatic rings. The van der Waals surface area contributed by atoms with Crippen LogP contribution >= 0.6 is 15.9 Å². The average molecular weight is 312 g/mol. The van der Waals surface area contributed by atoms with Crippen molar-refractivity contribution in [1.29, 1.82) is 0 Å². The molecule has 1 heterocycles. The van der Waals surface area contributed by atoms with E-state index < -0.39 is 0 Å². The van der Waals surface area contributed by atoms with Crippen LogP contribution in [0.25, 0.3) is 0 Å². The molecule has 0 aliphatic carbocycles. The Labute approximate surface area is 116 Å². The van der Waals surface area contributed by atoms with Crippen LogP contribution < -0.4 is 5.32 Å². The Kier molecular flexibility index (Phi) is 4.78. The molecule has 98 valence electrons. The summed E-state index contributed by atoms with van der Waals surface area (Å²) in [4.78, 5) is 12.0. The minimum atomic E-state index is -0.205. The van der Waals surface area contributed by atoms with Crippen molar-refractivity contribution in [3.63, 3.8) is 0 Å². The van der Waals surface area contributed by atoms with Crippen molar-refractivity contribution in [2.24, 2.45) is 0 Å². The first-order chi connectivity index (χ1) is 8.72. The number of carbonyl (C=O) groups excluding carboxylic acids is 1. The maximum absolute atomic E-state index is 12.0. The quantitative estimate of drug-likeness (QED) is 0.872. The number of benzene rings is 1. The third kappa shape index (κ3) is 3.12. The van der Waals surface area contributed by atoms with Gasteiger partial charge in [-0.2, -0.15) is 0 Å². The first-order valence-corrected chi connectivity index (χ1v) is 7.08. The van der Waals surface area contributed by atoms with Crippen LogP contribution in [0.15, 0.2) is 28.7 Å². The summed E-state index contributed by atoms with van der Waals surface area (Å²) in [6.07, 6.45) is 3.38. The van der Waals surface area contributed by atoms with Crippen molar-refractivity contribution in [2.75, 3.05) is 13.7 Å². The van der Waals surface area contributed by atoms with Crippen LogP contribution in [0.3, 0.4) is 0 Å². The van der Waals surface area contributed by atoms with Gasteiger partial charge in [0.2, 0.25) is 0 Å². The Morgan fingerprint density at radius 3 is 2.67 bits per heavy atom. The van der Waals surface area contributed by atoms with Gasteiger partial charge in [-0.3, -0.25) is 4.79 Å². The molecule has 0 saturated carbocycles. The van der Waals surface area contributed by atoms with Gasteiger partial charge in [0.15, 0.2) is 0 Å². The van der Waals surface area contributed by atoms with E-state index in [1.54, 1.807) is 0 Å². The standard InChI is InChI=1S/C14H18BrNO2/c1-18-14(17)13(12-4-2-3-9-16-12)10-5-7-11(15)8-6-10/h5-8,12-13,16H,2-4,9H2,1H3/t12-,13-/m0/s1. The van der Waals surface area contributed by atoms with Gasteiger partial charge in [-0.05, 0) is 37.1 Å². The van der Waals surface area contributed by atoms with Crippen molar-refractivity contribution in [1.82, 2.24) is 5.32 Å². The van der Waals surface area contributed by atoms with Gasteiger partial charge in [0.05, 0.1) is 13.0 Å². The summed E-state index contributed by atoms with van der Waals surface area (Å²) in [7, 11) is 1.46. The Balaban J connectivity index is 2.23. The summed E-state index contributed by atoms with van der Waals surface area (Å²) < 4.78 is 5.98. The largest absolute Gasteiger partial charge is 0.469 e. The fraction of sp³-hybridized carbons (Fsp3) is 0.500. The van der Waals surface area contributed by atoms with Gasteiger partial charge < -0.3 is 10.1 Å². The number of methoxy groups -OCH3 is 1. The van der Waals surface area contributed by atoms with Crippen LogP contribution in [-0.2, 0) is 9.53 Å². The number of rotatable bonds is 3. The van der Waals surface area contributed by atoms with Crippen molar-refractivity contribution in [2.45, 2.75) is 31.2 Å². The van der Waals surface area contributed by atoms with Gasteiger partial charge in [-0.25, -0.2) is 0 Å². The summed E-state index contributed by atoms with van der Waals surface area (Å²) in [6.45, 7) is 0.981. The van der Waals surface area contributed by atoms with Gasteiger partial charge in [-0.15, -0.1) is 0 Å². The SMILES string of the molecule is COC(=O)[C@@H](c1ccc(Br)cc1)[C@@H]1CCCCN1. The summed E-state index contributed by atoms with van der Waals surface area (Å²) >= 11 is 3.41. The molecule has 3 nitrogen and oxygen atoms in total. The number of nitrogens with one attached hydrogen (secondary N) is 1. The van der Waals surface area contributed by atoms with E-state index in [2.05, 4.69) is 21.2 Å². The topological polar surface area (TPSA) is 38.3 Å². The van der Waals surface area contributed by atoms with Gasteiger partial charge in [-0.1, -0.05) is 34.5 Å². The zero-order valence-electron chi connectivity index (χ0n) is 10.5. The predicted molar refractivity (Wildman–Crippen MR) is 74.5 cm³/mol. The minimum absolute atomic E-state index is 0.156. The molecule has 1 fully saturated rings. The Morgan fingerprint density at radius 2 is 2.11 bits per heavy atom. The molecule has 18 heavy (non-hydrogen) atoms. The molecule has 1 aromatic carbocycles. The van der Waals surface area contributed by atoms with E-state index >= 15 is 0 Å². The Morgan fingerprint density at radius 1 is 1.39 bits per heavy atom. The highest BCUT2D eigenvalue weighted by Gasteiger charge is 2.31. The molecule has 1 aliphatic heterocycles. The first kappa shape index (κ1) is 13.6. The van der Waals surface area contributed by atoms with Crippen LogP contribution in [0.2, 0.25) is 0 Å². The molecule has 2 atom stereocenters. The minimum Gasteiger partial charge on any atom is -0.469 e. The molecular formula is C14H18BrNO2. The molecular weight excluding hydrogens is 294 g/mol. The fourth-order valence-corrected chi connectivity index (χ4v) is 2.76. The van der Waals surface area contributed by atoms with Crippen LogP contribution in [0, 0.1) is 0 Å². The summed E-state index contributed by atoms with van der Waals surface area (Å²) in [5.74, 6) is -0.361. The van der Waals surface area contributed by atoms with Gasteiger partial charge in [0.25, 0.3) is 0 Å². The Hall–Kier alpha value is -0.870. The van der Waals surface area contributed by atoms with E-state index in [1.165, 1.54) is 20.0 Å². The summed E-state index contributed by atoms with van der Waals surface area (Å²) in [5, 5.41) is 3.43. The average Bonchev–Trinajstić information content (AvgIpc) is 2.42. The highest BCUT2D eigenvalue weighted by Crippen LogP contribution is 2.27. The van der Waals surface area contributed by atoms with E-state index in [0.29, 0.717) is 0 Å². The lowest BCUT2D eigenvalue weighted by molar-refractivity contribution is -0.143. The van der Waals surface area contributed by atoms with Crippen LogP contribution in [0.1, 0.15) is 30.7 Å². The summed E-state index contributed by atoms with van der Waals surface area (Å²) in [6, 6.07) is 8.10. The molecule has 2 rings (SSSR count). The zero-order chi connectivity index (χ0) is 13.0. The van der Waals surface area contributed by atoms with E-state index in [0.717, 1.165) is 23.0 Å². The molecule has 0 amide bonds. The number of ether oxygens (including phenoxy) is 1. The number of piperidine rings is 1. The number of carbonyl (C=O) groups is 1. The highest BCUT2D eigenvalue weighted by atomic mass is 79.9. The summed E-state index contributed by atoms with van der Waals surface area (Å²) in [5.41, 5.74) is 1.02. The molecule has 1 aliphatic rings. The van der Waals surface area contributed by atoms with Gasteiger partial charge >= 0.3 is 5.97 Å². The van der Waals surface area contributed by atoms with E-state index in [-0.39, 0.29) is 17.9 Å². The smallest absolute Gasteiger partial charge is 0.314 e. The third-order valence-electron chi connectivity index (χ3n) is 3.44. The van der Waals surface area contributed by atoms with Gasteiger partial charge in [0, 0.05) is 10.5 Å². The normalized spacial score (nSPS) is 21.3. The van der Waals surface area contributed by atoms with E-state index in [4.69, 9.17) is 4.74 Å².